The molecule has 0 saturated heterocycles. The maximum absolute atomic E-state index is 7.00. The summed E-state index contributed by atoms with van der Waals surface area (Å²) >= 11 is 0. The molecule has 1 aliphatic heterocycles. The third-order valence-corrected chi connectivity index (χ3v) is 11.2. The highest BCUT2D eigenvalue weighted by Crippen LogP contribution is 2.37. The molecule has 0 amide bonds. The highest BCUT2D eigenvalue weighted by molar-refractivity contribution is 6.99. The fourth-order valence-corrected chi connectivity index (χ4v) is 9.67. The van der Waals surface area contributed by atoms with E-state index < -0.39 is 16.6 Å². The summed E-state index contributed by atoms with van der Waals surface area (Å²) in [5, 5.41) is 2.52. The van der Waals surface area contributed by atoms with Gasteiger partial charge in [0.15, 0.2) is 8.32 Å². The van der Waals surface area contributed by atoms with Crippen molar-refractivity contribution in [2.75, 3.05) is 6.61 Å². The molecule has 0 spiro atoms. The van der Waals surface area contributed by atoms with E-state index in [4.69, 9.17) is 13.6 Å². The second-order valence-corrected chi connectivity index (χ2v) is 18.4. The van der Waals surface area contributed by atoms with Crippen molar-refractivity contribution < 1.29 is 13.6 Å². The largest absolute Gasteiger partial charge is 0.493 e. The van der Waals surface area contributed by atoms with Gasteiger partial charge >= 0.3 is 0 Å². The SMILES string of the molecule is CC(C)(C)[Si](OC[C@H]1OC=C[C@@H]1O[Si](C)(C)C)(c1ccccc1)c1ccccc1. The van der Waals surface area contributed by atoms with E-state index in [2.05, 4.69) is 101 Å². The molecule has 2 aromatic carbocycles. The lowest BCUT2D eigenvalue weighted by atomic mass is 10.2. The molecule has 0 bridgehead atoms. The van der Waals surface area contributed by atoms with Gasteiger partial charge in [0.2, 0.25) is 0 Å². The van der Waals surface area contributed by atoms with Gasteiger partial charge < -0.3 is 13.6 Å². The monoisotopic (exact) mass is 426 g/mol. The molecule has 0 N–H and O–H groups in total. The first-order chi connectivity index (χ1) is 13.6. The fourth-order valence-electron chi connectivity index (χ4n) is 4.05. The molecule has 1 aliphatic rings. The normalized spacial score (nSPS) is 19.9. The molecule has 0 aliphatic carbocycles. The van der Waals surface area contributed by atoms with Gasteiger partial charge in [-0.2, -0.15) is 0 Å². The lowest BCUT2D eigenvalue weighted by molar-refractivity contribution is 0.0340. The standard InChI is InChI=1S/C24H34O3Si2/c1-24(2,3)29(20-13-9-7-10-14-20,21-15-11-8-12-16-21)26-19-23-22(17-18-25-23)27-28(4,5)6/h7-18,22-23H,19H2,1-6H3/t22-,23+/m0/s1. The van der Waals surface area contributed by atoms with Crippen LogP contribution in [0.15, 0.2) is 73.0 Å². The van der Waals surface area contributed by atoms with Gasteiger partial charge in [0.1, 0.15) is 12.2 Å². The minimum atomic E-state index is -2.56. The maximum atomic E-state index is 7.00. The lowest BCUT2D eigenvalue weighted by Gasteiger charge is -2.43. The Morgan fingerprint density at radius 1 is 0.862 bits per heavy atom. The van der Waals surface area contributed by atoms with Crippen molar-refractivity contribution in [2.45, 2.75) is 57.7 Å². The van der Waals surface area contributed by atoms with Crippen LogP contribution in [0, 0.1) is 0 Å². The van der Waals surface area contributed by atoms with Crippen molar-refractivity contribution in [3.63, 3.8) is 0 Å². The van der Waals surface area contributed by atoms with Crippen LogP contribution in [0.1, 0.15) is 20.8 Å². The average molecular weight is 427 g/mol. The average Bonchev–Trinajstić information content (AvgIpc) is 3.08. The molecule has 2 atom stereocenters. The summed E-state index contributed by atoms with van der Waals surface area (Å²) in [5.74, 6) is 0. The van der Waals surface area contributed by atoms with Crippen LogP contribution in [0.3, 0.4) is 0 Å². The van der Waals surface area contributed by atoms with E-state index in [9.17, 15) is 0 Å². The Morgan fingerprint density at radius 2 is 1.38 bits per heavy atom. The van der Waals surface area contributed by atoms with E-state index in [0.29, 0.717) is 6.61 Å². The van der Waals surface area contributed by atoms with Gasteiger partial charge in [-0.3, -0.25) is 0 Å². The molecular formula is C24H34O3Si2. The van der Waals surface area contributed by atoms with Gasteiger partial charge in [-0.25, -0.2) is 0 Å². The quantitative estimate of drug-likeness (QED) is 0.601. The zero-order valence-corrected chi connectivity index (χ0v) is 20.5. The predicted octanol–water partition coefficient (Wildman–Crippen LogP) is 4.70. The van der Waals surface area contributed by atoms with Crippen LogP contribution in [-0.2, 0) is 13.6 Å². The van der Waals surface area contributed by atoms with E-state index in [1.807, 2.05) is 6.08 Å². The maximum Gasteiger partial charge on any atom is 0.261 e. The number of hydrogen-bond donors (Lipinski definition) is 0. The highest BCUT2D eigenvalue weighted by Gasteiger charge is 2.51. The first-order valence-electron chi connectivity index (χ1n) is 10.4. The van der Waals surface area contributed by atoms with Crippen LogP contribution in [-0.4, -0.2) is 35.4 Å². The minimum absolute atomic E-state index is 0.0418. The van der Waals surface area contributed by atoms with Crippen LogP contribution in [0.25, 0.3) is 0 Å². The molecule has 5 heteroatoms. The lowest BCUT2D eigenvalue weighted by Crippen LogP contribution is -2.67. The molecule has 29 heavy (non-hydrogen) atoms. The molecule has 0 unspecified atom stereocenters. The van der Waals surface area contributed by atoms with Crippen LogP contribution in [0.2, 0.25) is 24.7 Å². The second-order valence-electron chi connectivity index (χ2n) is 9.67. The van der Waals surface area contributed by atoms with Gasteiger partial charge in [0.05, 0.1) is 12.9 Å². The van der Waals surface area contributed by atoms with E-state index in [1.165, 1.54) is 10.4 Å². The summed E-state index contributed by atoms with van der Waals surface area (Å²) < 4.78 is 19.2. The van der Waals surface area contributed by atoms with E-state index >= 15 is 0 Å². The van der Waals surface area contributed by atoms with E-state index in [1.54, 1.807) is 6.26 Å². The summed E-state index contributed by atoms with van der Waals surface area (Å²) in [6.07, 6.45) is 3.64. The summed E-state index contributed by atoms with van der Waals surface area (Å²) in [5.41, 5.74) is 0. The Balaban J connectivity index is 1.96. The molecule has 0 fully saturated rings. The third kappa shape index (κ3) is 4.91. The predicted molar refractivity (Wildman–Crippen MR) is 126 cm³/mol. The van der Waals surface area contributed by atoms with Crippen molar-refractivity contribution >= 4 is 27.0 Å². The molecule has 1 heterocycles. The van der Waals surface area contributed by atoms with E-state index in [0.717, 1.165) is 0 Å². The van der Waals surface area contributed by atoms with Crippen molar-refractivity contribution in [3.05, 3.63) is 73.0 Å². The Hall–Kier alpha value is -1.67. The fraction of sp³-hybridized carbons (Fsp3) is 0.417. The first kappa shape index (κ1) is 22.0. The van der Waals surface area contributed by atoms with Gasteiger partial charge in [0.25, 0.3) is 8.32 Å². The second kappa shape index (κ2) is 8.60. The molecule has 156 valence electrons. The number of ether oxygens (including phenoxy) is 1. The summed E-state index contributed by atoms with van der Waals surface area (Å²) in [7, 11) is -4.24. The Kier molecular flexibility index (Phi) is 6.53. The molecular weight excluding hydrogens is 392 g/mol. The van der Waals surface area contributed by atoms with Gasteiger partial charge in [-0.1, -0.05) is 81.4 Å². The zero-order chi connectivity index (χ0) is 21.1. The Labute approximate surface area is 178 Å². The highest BCUT2D eigenvalue weighted by atomic mass is 28.4. The molecule has 0 saturated carbocycles. The number of benzene rings is 2. The van der Waals surface area contributed by atoms with Crippen molar-refractivity contribution in [3.8, 4) is 0 Å². The first-order valence-corrected chi connectivity index (χ1v) is 15.7. The Morgan fingerprint density at radius 3 is 1.83 bits per heavy atom. The van der Waals surface area contributed by atoms with Crippen molar-refractivity contribution in [1.29, 1.82) is 0 Å². The molecule has 3 nitrogen and oxygen atoms in total. The molecule has 3 rings (SSSR count). The van der Waals surface area contributed by atoms with Crippen LogP contribution >= 0.6 is 0 Å². The third-order valence-electron chi connectivity index (χ3n) is 5.26. The Bertz CT molecular complexity index is 768. The zero-order valence-electron chi connectivity index (χ0n) is 18.5. The summed E-state index contributed by atoms with van der Waals surface area (Å²) in [6, 6.07) is 21.4. The number of hydrogen-bond acceptors (Lipinski definition) is 3. The number of rotatable bonds is 7. The van der Waals surface area contributed by atoms with Gasteiger partial charge in [-0.15, -0.1) is 0 Å². The smallest absolute Gasteiger partial charge is 0.261 e. The van der Waals surface area contributed by atoms with Gasteiger partial charge in [0, 0.05) is 0 Å². The van der Waals surface area contributed by atoms with Crippen LogP contribution in [0.5, 0.6) is 0 Å². The van der Waals surface area contributed by atoms with Gasteiger partial charge in [-0.05, 0) is 41.1 Å². The van der Waals surface area contributed by atoms with Crippen LogP contribution < -0.4 is 10.4 Å². The van der Waals surface area contributed by atoms with Crippen LogP contribution in [0.4, 0.5) is 0 Å². The van der Waals surface area contributed by atoms with Crippen molar-refractivity contribution in [1.82, 2.24) is 0 Å². The van der Waals surface area contributed by atoms with Crippen molar-refractivity contribution in [2.24, 2.45) is 0 Å². The minimum Gasteiger partial charge on any atom is -0.493 e. The summed E-state index contributed by atoms with van der Waals surface area (Å²) in [6.45, 7) is 14.0. The molecule has 2 aromatic rings. The van der Waals surface area contributed by atoms with E-state index in [-0.39, 0.29) is 17.2 Å². The molecule has 0 aromatic heterocycles. The topological polar surface area (TPSA) is 27.7 Å². The summed E-state index contributed by atoms with van der Waals surface area (Å²) in [4.78, 5) is 0. The molecule has 0 radical (unpaired) electrons.